The quantitative estimate of drug-likeness (QED) is 0.837. The third kappa shape index (κ3) is 5.80. The van der Waals surface area contributed by atoms with E-state index in [1.807, 2.05) is 19.1 Å². The number of likely N-dealkylation sites (tertiary alicyclic amines) is 1. The van der Waals surface area contributed by atoms with Gasteiger partial charge in [-0.2, -0.15) is 0 Å². The Morgan fingerprint density at radius 2 is 2.17 bits per heavy atom. The highest BCUT2D eigenvalue weighted by atomic mass is 32.2. The molecule has 0 radical (unpaired) electrons. The number of aromatic nitrogens is 1. The Bertz CT molecular complexity index is 631. The molecule has 8 heteroatoms. The number of piperidine rings is 1. The molecule has 1 atom stereocenters. The molecule has 2 heterocycles. The molecule has 0 aromatic carbocycles. The average Bonchev–Trinajstić information content (AvgIpc) is 2.52. The number of nitrogens with zero attached hydrogens (tertiary/aromatic N) is 2. The predicted molar refractivity (Wildman–Crippen MR) is 88.4 cm³/mol. The number of nitrogens with one attached hydrogen (secondary N) is 2. The van der Waals surface area contributed by atoms with E-state index >= 15 is 0 Å². The number of hydrogen-bond donors (Lipinski definition) is 2. The monoisotopic (exact) mass is 340 g/mol. The van der Waals surface area contributed by atoms with Crippen molar-refractivity contribution in [3.8, 4) is 0 Å². The molecule has 0 unspecified atom stereocenters. The second-order valence-corrected chi connectivity index (χ2v) is 7.76. The zero-order chi connectivity index (χ0) is 16.9. The fraction of sp³-hybridized carbons (Fsp3) is 0.600. The van der Waals surface area contributed by atoms with Gasteiger partial charge in [0.2, 0.25) is 10.0 Å². The summed E-state index contributed by atoms with van der Waals surface area (Å²) < 4.78 is 25.0. The summed E-state index contributed by atoms with van der Waals surface area (Å²) in [7, 11) is -3.25. The minimum Gasteiger partial charge on any atom is -0.334 e. The molecule has 0 spiro atoms. The van der Waals surface area contributed by atoms with Gasteiger partial charge in [-0.15, -0.1) is 0 Å². The molecule has 2 amide bonds. The van der Waals surface area contributed by atoms with Crippen molar-refractivity contribution in [2.24, 2.45) is 0 Å². The molecule has 1 aliphatic rings. The molecule has 2 N–H and O–H groups in total. The van der Waals surface area contributed by atoms with Gasteiger partial charge in [0.25, 0.3) is 0 Å². The fourth-order valence-corrected chi connectivity index (χ4v) is 3.11. The lowest BCUT2D eigenvalue weighted by molar-refractivity contribution is 0.152. The van der Waals surface area contributed by atoms with E-state index in [-0.39, 0.29) is 18.6 Å². The summed E-state index contributed by atoms with van der Waals surface area (Å²) in [6.07, 6.45) is 5.62. The Labute approximate surface area is 137 Å². The van der Waals surface area contributed by atoms with Crippen LogP contribution in [0, 0.1) is 6.92 Å². The first kappa shape index (κ1) is 17.7. The van der Waals surface area contributed by atoms with Crippen molar-refractivity contribution in [2.75, 3.05) is 19.3 Å². The first-order chi connectivity index (χ1) is 10.8. The van der Waals surface area contributed by atoms with Crippen molar-refractivity contribution in [2.45, 2.75) is 38.8 Å². The Hall–Kier alpha value is -1.67. The van der Waals surface area contributed by atoms with Gasteiger partial charge in [0.1, 0.15) is 0 Å². The highest BCUT2D eigenvalue weighted by Crippen LogP contribution is 2.17. The van der Waals surface area contributed by atoms with Crippen molar-refractivity contribution in [1.29, 1.82) is 0 Å². The third-order valence-corrected chi connectivity index (χ3v) is 4.58. The Balaban J connectivity index is 1.90. The first-order valence-corrected chi connectivity index (χ1v) is 9.65. The van der Waals surface area contributed by atoms with Gasteiger partial charge in [0.05, 0.1) is 6.26 Å². The topological polar surface area (TPSA) is 91.4 Å². The molecule has 1 saturated heterocycles. The molecule has 0 aliphatic carbocycles. The standard InChI is InChI=1S/C15H24N4O3S/c1-12-6-7-13(9-16-12)10-17-15(20)19-8-4-3-5-14(19)11-18-23(2,21)22/h6-7,9,14,18H,3-5,8,10-11H2,1-2H3,(H,17,20)/t14-/m0/s1. The van der Waals surface area contributed by atoms with E-state index in [1.165, 1.54) is 0 Å². The zero-order valence-electron chi connectivity index (χ0n) is 13.6. The maximum Gasteiger partial charge on any atom is 0.317 e. The van der Waals surface area contributed by atoms with E-state index in [4.69, 9.17) is 0 Å². The fourth-order valence-electron chi connectivity index (χ4n) is 2.61. The van der Waals surface area contributed by atoms with Crippen LogP contribution >= 0.6 is 0 Å². The minimum atomic E-state index is -3.25. The van der Waals surface area contributed by atoms with Gasteiger partial charge in [0.15, 0.2) is 0 Å². The van der Waals surface area contributed by atoms with E-state index in [1.54, 1.807) is 11.1 Å². The Morgan fingerprint density at radius 1 is 1.39 bits per heavy atom. The molecule has 0 bridgehead atoms. The van der Waals surface area contributed by atoms with Crippen LogP contribution in [0.25, 0.3) is 0 Å². The highest BCUT2D eigenvalue weighted by Gasteiger charge is 2.27. The molecular weight excluding hydrogens is 316 g/mol. The molecule has 7 nitrogen and oxygen atoms in total. The maximum absolute atomic E-state index is 12.4. The number of carbonyl (C=O) groups is 1. The van der Waals surface area contributed by atoms with Gasteiger partial charge in [-0.05, 0) is 37.8 Å². The number of hydrogen-bond acceptors (Lipinski definition) is 4. The number of sulfonamides is 1. The Kier molecular flexibility index (Phi) is 5.95. The van der Waals surface area contributed by atoms with Gasteiger partial charge < -0.3 is 10.2 Å². The number of carbonyl (C=O) groups excluding carboxylic acids is 1. The molecule has 128 valence electrons. The average molecular weight is 340 g/mol. The van der Waals surface area contributed by atoms with Crippen LogP contribution in [0.3, 0.4) is 0 Å². The van der Waals surface area contributed by atoms with E-state index < -0.39 is 10.0 Å². The van der Waals surface area contributed by atoms with Gasteiger partial charge in [-0.3, -0.25) is 4.98 Å². The summed E-state index contributed by atoms with van der Waals surface area (Å²) in [5, 5.41) is 2.89. The maximum atomic E-state index is 12.4. The second kappa shape index (κ2) is 7.74. The normalized spacial score (nSPS) is 18.7. The van der Waals surface area contributed by atoms with Crippen LogP contribution in [0.2, 0.25) is 0 Å². The molecule has 1 aromatic heterocycles. The van der Waals surface area contributed by atoms with Crippen LogP contribution in [-0.2, 0) is 16.6 Å². The van der Waals surface area contributed by atoms with Crippen LogP contribution in [0.1, 0.15) is 30.5 Å². The molecule has 1 aromatic rings. The van der Waals surface area contributed by atoms with Gasteiger partial charge in [-0.25, -0.2) is 17.9 Å². The van der Waals surface area contributed by atoms with Crippen molar-refractivity contribution in [3.05, 3.63) is 29.6 Å². The lowest BCUT2D eigenvalue weighted by Crippen LogP contribution is -2.52. The minimum absolute atomic E-state index is 0.102. The van der Waals surface area contributed by atoms with Crippen molar-refractivity contribution < 1.29 is 13.2 Å². The van der Waals surface area contributed by atoms with Gasteiger partial charge >= 0.3 is 6.03 Å². The SMILES string of the molecule is Cc1ccc(CNC(=O)N2CCCC[C@H]2CNS(C)(=O)=O)cn1. The number of amides is 2. The van der Waals surface area contributed by atoms with E-state index in [9.17, 15) is 13.2 Å². The van der Waals surface area contributed by atoms with Crippen molar-refractivity contribution in [1.82, 2.24) is 19.9 Å². The number of urea groups is 1. The van der Waals surface area contributed by atoms with E-state index in [0.29, 0.717) is 13.1 Å². The highest BCUT2D eigenvalue weighted by molar-refractivity contribution is 7.88. The van der Waals surface area contributed by atoms with Crippen molar-refractivity contribution >= 4 is 16.1 Å². The van der Waals surface area contributed by atoms with Crippen LogP contribution in [-0.4, -0.2) is 49.7 Å². The smallest absolute Gasteiger partial charge is 0.317 e. The van der Waals surface area contributed by atoms with E-state index in [0.717, 1.165) is 36.8 Å². The van der Waals surface area contributed by atoms with Gasteiger partial charge in [-0.1, -0.05) is 6.07 Å². The molecular formula is C15H24N4O3S. The molecule has 0 saturated carbocycles. The van der Waals surface area contributed by atoms with Crippen LogP contribution in [0.4, 0.5) is 4.79 Å². The molecule has 1 aliphatic heterocycles. The summed E-state index contributed by atoms with van der Waals surface area (Å²) in [6.45, 7) is 3.23. The second-order valence-electron chi connectivity index (χ2n) is 5.93. The lowest BCUT2D eigenvalue weighted by atomic mass is 10.0. The van der Waals surface area contributed by atoms with Gasteiger partial charge in [0, 0.05) is 37.6 Å². The predicted octanol–water partition coefficient (Wildman–Crippen LogP) is 1.00. The molecule has 23 heavy (non-hydrogen) atoms. The van der Waals surface area contributed by atoms with E-state index in [2.05, 4.69) is 15.0 Å². The Morgan fingerprint density at radius 3 is 2.83 bits per heavy atom. The molecule has 1 fully saturated rings. The third-order valence-electron chi connectivity index (χ3n) is 3.89. The summed E-state index contributed by atoms with van der Waals surface area (Å²) >= 11 is 0. The number of aryl methyl sites for hydroxylation is 1. The van der Waals surface area contributed by atoms with Crippen molar-refractivity contribution in [3.63, 3.8) is 0 Å². The summed E-state index contributed by atoms with van der Waals surface area (Å²) in [5.41, 5.74) is 1.87. The largest absolute Gasteiger partial charge is 0.334 e. The summed E-state index contributed by atoms with van der Waals surface area (Å²) in [4.78, 5) is 18.3. The first-order valence-electron chi connectivity index (χ1n) is 7.76. The summed E-state index contributed by atoms with van der Waals surface area (Å²) in [5.74, 6) is 0. The zero-order valence-corrected chi connectivity index (χ0v) is 14.4. The number of rotatable bonds is 5. The van der Waals surface area contributed by atoms with Crippen LogP contribution in [0.15, 0.2) is 18.3 Å². The number of pyridine rings is 1. The van der Waals surface area contributed by atoms with Crippen LogP contribution < -0.4 is 10.0 Å². The molecule has 2 rings (SSSR count). The van der Waals surface area contributed by atoms with Crippen LogP contribution in [0.5, 0.6) is 0 Å². The summed E-state index contributed by atoms with van der Waals surface area (Å²) in [6, 6.07) is 3.57. The lowest BCUT2D eigenvalue weighted by Gasteiger charge is -2.35.